The van der Waals surface area contributed by atoms with Crippen LogP contribution in [0.15, 0.2) is 48.5 Å². The molecule has 0 amide bonds. The van der Waals surface area contributed by atoms with Gasteiger partial charge in [-0.2, -0.15) is 0 Å². The van der Waals surface area contributed by atoms with Gasteiger partial charge in [-0.05, 0) is 41.8 Å². The molecule has 0 aliphatic heterocycles. The van der Waals surface area contributed by atoms with Crippen molar-refractivity contribution < 1.29 is 14.6 Å². The van der Waals surface area contributed by atoms with Gasteiger partial charge in [0.15, 0.2) is 17.3 Å². The third kappa shape index (κ3) is 3.72. The first-order valence-electron chi connectivity index (χ1n) is 6.82. The van der Waals surface area contributed by atoms with E-state index < -0.39 is 0 Å². The molecular formula is C18H18O3. The Morgan fingerprint density at radius 2 is 1.90 bits per heavy atom. The predicted octanol–water partition coefficient (Wildman–Crippen LogP) is 3.86. The molecule has 0 saturated carbocycles. The number of hydrogen-bond donors (Lipinski definition) is 1. The van der Waals surface area contributed by atoms with Gasteiger partial charge in [0.05, 0.1) is 7.11 Å². The Morgan fingerprint density at radius 1 is 1.19 bits per heavy atom. The zero-order chi connectivity index (χ0) is 15.2. The van der Waals surface area contributed by atoms with Crippen molar-refractivity contribution in [1.29, 1.82) is 0 Å². The molecule has 0 radical (unpaired) electrons. The fourth-order valence-corrected chi connectivity index (χ4v) is 1.96. The Morgan fingerprint density at radius 3 is 2.52 bits per heavy atom. The highest BCUT2D eigenvalue weighted by Crippen LogP contribution is 2.26. The van der Waals surface area contributed by atoms with Crippen LogP contribution < -0.4 is 4.74 Å². The third-order valence-electron chi connectivity index (χ3n) is 3.28. The molecule has 0 saturated heterocycles. The van der Waals surface area contributed by atoms with E-state index in [1.165, 1.54) is 30.9 Å². The average molecular weight is 282 g/mol. The highest BCUT2D eigenvalue weighted by molar-refractivity contribution is 6.07. The van der Waals surface area contributed by atoms with E-state index >= 15 is 0 Å². The number of phenolic OH excluding ortho intramolecular Hbond substituents is 1. The number of carbonyl (C=O) groups is 1. The van der Waals surface area contributed by atoms with Gasteiger partial charge < -0.3 is 9.84 Å². The van der Waals surface area contributed by atoms with Crippen molar-refractivity contribution in [2.24, 2.45) is 0 Å². The number of aromatic hydroxyl groups is 1. The van der Waals surface area contributed by atoms with Crippen LogP contribution in [-0.2, 0) is 6.42 Å². The lowest BCUT2D eigenvalue weighted by Crippen LogP contribution is -1.95. The number of allylic oxidation sites excluding steroid dienone is 1. The third-order valence-corrected chi connectivity index (χ3v) is 3.28. The number of carbonyl (C=O) groups excluding carboxylic acids is 1. The monoisotopic (exact) mass is 282 g/mol. The maximum absolute atomic E-state index is 12.1. The highest BCUT2D eigenvalue weighted by Gasteiger charge is 2.07. The number of rotatable bonds is 5. The first kappa shape index (κ1) is 14.9. The van der Waals surface area contributed by atoms with Gasteiger partial charge in [0, 0.05) is 5.56 Å². The molecule has 0 bridgehead atoms. The van der Waals surface area contributed by atoms with Crippen LogP contribution in [0.4, 0.5) is 0 Å². The summed E-state index contributed by atoms with van der Waals surface area (Å²) in [5.74, 6) is 0.183. The first-order chi connectivity index (χ1) is 10.1. The number of phenols is 1. The van der Waals surface area contributed by atoms with Crippen molar-refractivity contribution >= 4 is 11.9 Å². The lowest BCUT2D eigenvalue weighted by atomic mass is 10.1. The summed E-state index contributed by atoms with van der Waals surface area (Å²) in [5, 5.41) is 9.52. The summed E-state index contributed by atoms with van der Waals surface area (Å²) in [6, 6.07) is 12.6. The van der Waals surface area contributed by atoms with Crippen LogP contribution in [0.1, 0.15) is 28.4 Å². The largest absolute Gasteiger partial charge is 0.504 e. The number of methoxy groups -OCH3 is 1. The minimum absolute atomic E-state index is 0.0215. The minimum Gasteiger partial charge on any atom is -0.504 e. The number of benzene rings is 2. The zero-order valence-corrected chi connectivity index (χ0v) is 12.2. The summed E-state index contributed by atoms with van der Waals surface area (Å²) < 4.78 is 5.00. The average Bonchev–Trinajstić information content (AvgIpc) is 2.53. The van der Waals surface area contributed by atoms with Crippen LogP contribution >= 0.6 is 0 Å². The van der Waals surface area contributed by atoms with E-state index in [1.54, 1.807) is 12.1 Å². The second-order valence-corrected chi connectivity index (χ2v) is 4.68. The van der Waals surface area contributed by atoms with Gasteiger partial charge in [-0.15, -0.1) is 0 Å². The van der Waals surface area contributed by atoms with Crippen LogP contribution in [0.5, 0.6) is 11.5 Å². The van der Waals surface area contributed by atoms with Crippen molar-refractivity contribution in [3.8, 4) is 11.5 Å². The summed E-state index contributed by atoms with van der Waals surface area (Å²) in [6.07, 6.45) is 4.30. The van der Waals surface area contributed by atoms with Gasteiger partial charge >= 0.3 is 0 Å². The Labute approximate surface area is 124 Å². The molecule has 0 spiro atoms. The SMILES string of the molecule is CCc1ccc(C=CC(=O)c2ccc(O)c(OC)c2)cc1. The predicted molar refractivity (Wildman–Crippen MR) is 83.8 cm³/mol. The molecule has 0 heterocycles. The van der Waals surface area contributed by atoms with E-state index in [9.17, 15) is 9.90 Å². The quantitative estimate of drug-likeness (QED) is 0.669. The van der Waals surface area contributed by atoms with Gasteiger partial charge in [0.2, 0.25) is 0 Å². The van der Waals surface area contributed by atoms with Gasteiger partial charge in [-0.1, -0.05) is 37.3 Å². The van der Waals surface area contributed by atoms with Crippen LogP contribution in [-0.4, -0.2) is 18.0 Å². The van der Waals surface area contributed by atoms with Crippen molar-refractivity contribution in [3.05, 3.63) is 65.2 Å². The summed E-state index contributed by atoms with van der Waals surface area (Å²) in [5.41, 5.74) is 2.72. The summed E-state index contributed by atoms with van der Waals surface area (Å²) >= 11 is 0. The Bertz CT molecular complexity index is 655. The number of aryl methyl sites for hydroxylation is 1. The molecule has 0 fully saturated rings. The van der Waals surface area contributed by atoms with E-state index in [2.05, 4.69) is 6.92 Å². The smallest absolute Gasteiger partial charge is 0.185 e. The van der Waals surface area contributed by atoms with Gasteiger partial charge in [-0.3, -0.25) is 4.79 Å². The standard InChI is InChI=1S/C18H18O3/c1-3-13-4-6-14(7-5-13)8-10-16(19)15-9-11-17(20)18(12-15)21-2/h4-12,20H,3H2,1-2H3. The molecule has 0 aliphatic rings. The maximum atomic E-state index is 12.1. The normalized spacial score (nSPS) is 10.8. The molecule has 0 aromatic heterocycles. The number of hydrogen-bond acceptors (Lipinski definition) is 3. The molecule has 1 N–H and O–H groups in total. The van der Waals surface area contributed by atoms with Gasteiger partial charge in [0.25, 0.3) is 0 Å². The van der Waals surface area contributed by atoms with Gasteiger partial charge in [-0.25, -0.2) is 0 Å². The van der Waals surface area contributed by atoms with Crippen LogP contribution in [0, 0.1) is 0 Å². The summed E-state index contributed by atoms with van der Waals surface area (Å²) in [6.45, 7) is 2.10. The molecule has 3 heteroatoms. The van der Waals surface area contributed by atoms with Crippen molar-refractivity contribution in [3.63, 3.8) is 0 Å². The van der Waals surface area contributed by atoms with E-state index in [0.717, 1.165) is 12.0 Å². The van der Waals surface area contributed by atoms with Gasteiger partial charge in [0.1, 0.15) is 0 Å². The summed E-state index contributed by atoms with van der Waals surface area (Å²) in [4.78, 5) is 12.1. The van der Waals surface area contributed by atoms with Crippen LogP contribution in [0.2, 0.25) is 0 Å². The minimum atomic E-state index is -0.132. The molecule has 0 atom stereocenters. The molecule has 2 aromatic carbocycles. The first-order valence-corrected chi connectivity index (χ1v) is 6.82. The highest BCUT2D eigenvalue weighted by atomic mass is 16.5. The molecule has 2 rings (SSSR count). The summed E-state index contributed by atoms with van der Waals surface area (Å²) in [7, 11) is 1.45. The van der Waals surface area contributed by atoms with E-state index in [-0.39, 0.29) is 11.5 Å². The zero-order valence-electron chi connectivity index (χ0n) is 12.2. The second-order valence-electron chi connectivity index (χ2n) is 4.68. The fraction of sp³-hybridized carbons (Fsp3) is 0.167. The second kappa shape index (κ2) is 6.75. The van der Waals surface area contributed by atoms with E-state index in [1.807, 2.05) is 24.3 Å². The van der Waals surface area contributed by atoms with E-state index in [0.29, 0.717) is 11.3 Å². The maximum Gasteiger partial charge on any atom is 0.185 e. The van der Waals surface area contributed by atoms with Crippen molar-refractivity contribution in [1.82, 2.24) is 0 Å². The Kier molecular flexibility index (Phi) is 4.77. The molecule has 21 heavy (non-hydrogen) atoms. The molecule has 0 unspecified atom stereocenters. The Hall–Kier alpha value is -2.55. The van der Waals surface area contributed by atoms with E-state index in [4.69, 9.17) is 4.74 Å². The Balaban J connectivity index is 2.14. The molecule has 108 valence electrons. The number of ether oxygens (including phenoxy) is 1. The molecule has 3 nitrogen and oxygen atoms in total. The lowest BCUT2D eigenvalue weighted by Gasteiger charge is -2.04. The van der Waals surface area contributed by atoms with Crippen molar-refractivity contribution in [2.45, 2.75) is 13.3 Å². The molecular weight excluding hydrogens is 264 g/mol. The topological polar surface area (TPSA) is 46.5 Å². The molecule has 0 aliphatic carbocycles. The van der Waals surface area contributed by atoms with Crippen molar-refractivity contribution in [2.75, 3.05) is 7.11 Å². The van der Waals surface area contributed by atoms with Crippen LogP contribution in [0.3, 0.4) is 0 Å². The lowest BCUT2D eigenvalue weighted by molar-refractivity contribution is 0.104. The van der Waals surface area contributed by atoms with Crippen LogP contribution in [0.25, 0.3) is 6.08 Å². The number of ketones is 1. The fourth-order valence-electron chi connectivity index (χ4n) is 1.96. The molecule has 2 aromatic rings.